The summed E-state index contributed by atoms with van der Waals surface area (Å²) in [5.41, 5.74) is 2.07. The molecule has 1 saturated heterocycles. The monoisotopic (exact) mass is 338 g/mol. The van der Waals surface area contributed by atoms with Gasteiger partial charge in [-0.1, -0.05) is 18.2 Å². The number of anilines is 1. The van der Waals surface area contributed by atoms with Gasteiger partial charge in [-0.15, -0.1) is 0 Å². The third kappa shape index (κ3) is 3.39. The number of morpholine rings is 1. The van der Waals surface area contributed by atoms with E-state index < -0.39 is 0 Å². The van der Waals surface area contributed by atoms with Crippen LogP contribution in [0.25, 0.3) is 5.82 Å². The van der Waals surface area contributed by atoms with Crippen LogP contribution < -0.4 is 4.90 Å². The maximum absolute atomic E-state index is 13.1. The summed E-state index contributed by atoms with van der Waals surface area (Å²) in [6.07, 6.45) is 3.67. The molecule has 1 aromatic carbocycles. The SMILES string of the molecule is Cc1cnn(-c2cccc(N3CCO[C@H](c4ccc(F)cc4)C3)n2)c1. The fraction of sp³-hybridized carbons (Fsp3) is 0.263. The molecule has 6 heteroatoms. The molecule has 1 atom stereocenters. The number of aromatic nitrogens is 3. The number of ether oxygens (including phenoxy) is 1. The maximum Gasteiger partial charge on any atom is 0.155 e. The second kappa shape index (κ2) is 6.64. The number of hydrogen-bond acceptors (Lipinski definition) is 4. The molecule has 1 aliphatic heterocycles. The van der Waals surface area contributed by atoms with E-state index in [1.54, 1.807) is 16.8 Å². The van der Waals surface area contributed by atoms with Gasteiger partial charge in [-0.25, -0.2) is 14.1 Å². The first kappa shape index (κ1) is 15.8. The molecule has 0 aliphatic carbocycles. The van der Waals surface area contributed by atoms with E-state index in [-0.39, 0.29) is 11.9 Å². The summed E-state index contributed by atoms with van der Waals surface area (Å²) in [5.74, 6) is 1.44. The van der Waals surface area contributed by atoms with Crippen LogP contribution >= 0.6 is 0 Å². The minimum absolute atomic E-state index is 0.0910. The van der Waals surface area contributed by atoms with Crippen LogP contribution in [-0.2, 0) is 4.74 Å². The highest BCUT2D eigenvalue weighted by Gasteiger charge is 2.23. The molecule has 0 radical (unpaired) electrons. The molecule has 3 aromatic rings. The van der Waals surface area contributed by atoms with Crippen molar-refractivity contribution in [3.63, 3.8) is 0 Å². The van der Waals surface area contributed by atoms with Gasteiger partial charge in [-0.05, 0) is 42.3 Å². The summed E-state index contributed by atoms with van der Waals surface area (Å²) in [4.78, 5) is 6.92. The van der Waals surface area contributed by atoms with Gasteiger partial charge in [0.05, 0.1) is 12.8 Å². The predicted octanol–water partition coefficient (Wildman–Crippen LogP) is 3.29. The zero-order valence-electron chi connectivity index (χ0n) is 14.0. The molecule has 1 fully saturated rings. The lowest BCUT2D eigenvalue weighted by atomic mass is 10.1. The van der Waals surface area contributed by atoms with Crippen LogP contribution in [0.15, 0.2) is 54.9 Å². The van der Waals surface area contributed by atoms with Crippen molar-refractivity contribution in [2.75, 3.05) is 24.6 Å². The Morgan fingerprint density at radius 1 is 1.12 bits per heavy atom. The number of pyridine rings is 1. The third-order valence-corrected chi connectivity index (χ3v) is 4.30. The number of hydrogen-bond donors (Lipinski definition) is 0. The van der Waals surface area contributed by atoms with Gasteiger partial charge in [0, 0.05) is 19.3 Å². The van der Waals surface area contributed by atoms with Crippen LogP contribution in [0.4, 0.5) is 10.2 Å². The highest BCUT2D eigenvalue weighted by molar-refractivity contribution is 5.43. The Labute approximate surface area is 145 Å². The van der Waals surface area contributed by atoms with Gasteiger partial charge in [-0.3, -0.25) is 0 Å². The summed E-state index contributed by atoms with van der Waals surface area (Å²) in [7, 11) is 0. The van der Waals surface area contributed by atoms with Crippen molar-refractivity contribution in [1.29, 1.82) is 0 Å². The van der Waals surface area contributed by atoms with Crippen LogP contribution in [0.5, 0.6) is 0 Å². The van der Waals surface area contributed by atoms with Gasteiger partial charge in [0.1, 0.15) is 17.7 Å². The number of aryl methyl sites for hydroxylation is 1. The van der Waals surface area contributed by atoms with E-state index in [1.807, 2.05) is 37.5 Å². The Hall–Kier alpha value is -2.73. The molecule has 0 amide bonds. The standard InChI is InChI=1S/C19H19FN4O/c1-14-11-21-24(12-14)19-4-2-3-18(22-19)23-9-10-25-17(13-23)15-5-7-16(20)8-6-15/h2-8,11-12,17H,9-10,13H2,1H3/t17-/m0/s1. The fourth-order valence-corrected chi connectivity index (χ4v) is 2.99. The Balaban J connectivity index is 1.56. The fourth-order valence-electron chi connectivity index (χ4n) is 2.99. The number of benzene rings is 1. The molecule has 3 heterocycles. The van der Waals surface area contributed by atoms with Gasteiger partial charge < -0.3 is 9.64 Å². The van der Waals surface area contributed by atoms with Crippen molar-refractivity contribution in [2.24, 2.45) is 0 Å². The number of halogens is 1. The van der Waals surface area contributed by atoms with Crippen molar-refractivity contribution in [1.82, 2.24) is 14.8 Å². The molecule has 25 heavy (non-hydrogen) atoms. The molecule has 0 N–H and O–H groups in total. The highest BCUT2D eigenvalue weighted by Crippen LogP contribution is 2.25. The van der Waals surface area contributed by atoms with Crippen molar-refractivity contribution < 1.29 is 9.13 Å². The molecule has 0 unspecified atom stereocenters. The molecule has 0 bridgehead atoms. The molecular formula is C19H19FN4O. The van der Waals surface area contributed by atoms with Crippen LogP contribution in [0.3, 0.4) is 0 Å². The minimum Gasteiger partial charge on any atom is -0.370 e. The van der Waals surface area contributed by atoms with E-state index in [0.29, 0.717) is 13.2 Å². The Bertz CT molecular complexity index is 862. The zero-order chi connectivity index (χ0) is 17.2. The first-order valence-electron chi connectivity index (χ1n) is 8.30. The van der Waals surface area contributed by atoms with Gasteiger partial charge >= 0.3 is 0 Å². The van der Waals surface area contributed by atoms with E-state index in [2.05, 4.69) is 10.00 Å². The molecular weight excluding hydrogens is 319 g/mol. The number of nitrogens with zero attached hydrogens (tertiary/aromatic N) is 4. The predicted molar refractivity (Wildman–Crippen MR) is 93.4 cm³/mol. The topological polar surface area (TPSA) is 43.2 Å². The smallest absolute Gasteiger partial charge is 0.155 e. The summed E-state index contributed by atoms with van der Waals surface area (Å²) in [5, 5.41) is 4.32. The maximum atomic E-state index is 13.1. The second-order valence-electron chi connectivity index (χ2n) is 6.17. The second-order valence-corrected chi connectivity index (χ2v) is 6.17. The molecule has 4 rings (SSSR count). The van der Waals surface area contributed by atoms with E-state index in [0.717, 1.165) is 29.3 Å². The van der Waals surface area contributed by atoms with Gasteiger partial charge in [-0.2, -0.15) is 5.10 Å². The lowest BCUT2D eigenvalue weighted by molar-refractivity contribution is 0.0395. The zero-order valence-corrected chi connectivity index (χ0v) is 14.0. The van der Waals surface area contributed by atoms with Crippen molar-refractivity contribution in [3.8, 4) is 5.82 Å². The van der Waals surface area contributed by atoms with Crippen molar-refractivity contribution >= 4 is 5.82 Å². The quantitative estimate of drug-likeness (QED) is 0.735. The molecule has 1 aliphatic rings. The van der Waals surface area contributed by atoms with Crippen LogP contribution in [0, 0.1) is 12.7 Å². The molecule has 0 spiro atoms. The van der Waals surface area contributed by atoms with Crippen LogP contribution in [0.1, 0.15) is 17.2 Å². The summed E-state index contributed by atoms with van der Waals surface area (Å²) >= 11 is 0. The average molecular weight is 338 g/mol. The molecule has 128 valence electrons. The normalized spacial score (nSPS) is 17.7. The lowest BCUT2D eigenvalue weighted by Crippen LogP contribution is -2.39. The average Bonchev–Trinajstić information content (AvgIpc) is 3.09. The third-order valence-electron chi connectivity index (χ3n) is 4.30. The van der Waals surface area contributed by atoms with Crippen molar-refractivity contribution in [2.45, 2.75) is 13.0 Å². The van der Waals surface area contributed by atoms with E-state index in [9.17, 15) is 4.39 Å². The van der Waals surface area contributed by atoms with E-state index in [4.69, 9.17) is 9.72 Å². The Morgan fingerprint density at radius 3 is 2.68 bits per heavy atom. The lowest BCUT2D eigenvalue weighted by Gasteiger charge is -2.34. The van der Waals surface area contributed by atoms with Gasteiger partial charge in [0.15, 0.2) is 5.82 Å². The number of rotatable bonds is 3. The molecule has 0 saturated carbocycles. The summed E-state index contributed by atoms with van der Waals surface area (Å²) < 4.78 is 20.8. The van der Waals surface area contributed by atoms with E-state index >= 15 is 0 Å². The van der Waals surface area contributed by atoms with Gasteiger partial charge in [0.2, 0.25) is 0 Å². The van der Waals surface area contributed by atoms with Crippen LogP contribution in [-0.4, -0.2) is 34.5 Å². The van der Waals surface area contributed by atoms with Crippen LogP contribution in [0.2, 0.25) is 0 Å². The summed E-state index contributed by atoms with van der Waals surface area (Å²) in [6.45, 7) is 4.06. The minimum atomic E-state index is -0.236. The summed E-state index contributed by atoms with van der Waals surface area (Å²) in [6, 6.07) is 12.4. The largest absolute Gasteiger partial charge is 0.370 e. The van der Waals surface area contributed by atoms with Crippen molar-refractivity contribution in [3.05, 3.63) is 71.8 Å². The first-order chi connectivity index (χ1) is 12.2. The Kier molecular flexibility index (Phi) is 4.19. The van der Waals surface area contributed by atoms with Gasteiger partial charge in [0.25, 0.3) is 0 Å². The molecule has 5 nitrogen and oxygen atoms in total. The van der Waals surface area contributed by atoms with E-state index in [1.165, 1.54) is 12.1 Å². The Morgan fingerprint density at radius 2 is 1.92 bits per heavy atom. The molecule has 2 aromatic heterocycles. The highest BCUT2D eigenvalue weighted by atomic mass is 19.1. The first-order valence-corrected chi connectivity index (χ1v) is 8.30.